The van der Waals surface area contributed by atoms with Gasteiger partial charge in [-0.05, 0) is 24.2 Å². The summed E-state index contributed by atoms with van der Waals surface area (Å²) in [5.41, 5.74) is 0.0853. The zero-order chi connectivity index (χ0) is 10.5. The molecule has 0 aliphatic carbocycles. The van der Waals surface area contributed by atoms with E-state index in [1.54, 1.807) is 0 Å². The van der Waals surface area contributed by atoms with Crippen LogP contribution in [0.15, 0.2) is 0 Å². The summed E-state index contributed by atoms with van der Waals surface area (Å²) in [5.74, 6) is 0.658. The highest BCUT2D eigenvalue weighted by Crippen LogP contribution is 2.29. The smallest absolute Gasteiger partial charge is 0.0593 e. The van der Waals surface area contributed by atoms with Crippen LogP contribution < -0.4 is 0 Å². The third-order valence-electron chi connectivity index (χ3n) is 3.22. The lowest BCUT2D eigenvalue weighted by Crippen LogP contribution is -2.30. The zero-order valence-corrected chi connectivity index (χ0v) is 9.93. The van der Waals surface area contributed by atoms with Crippen LogP contribution in [0.3, 0.4) is 0 Å². The van der Waals surface area contributed by atoms with Crippen LogP contribution in [-0.4, -0.2) is 11.2 Å². The average molecular weight is 186 g/mol. The predicted molar refractivity (Wildman–Crippen MR) is 58.8 cm³/mol. The molecule has 0 bridgehead atoms. The maximum absolute atomic E-state index is 9.97. The van der Waals surface area contributed by atoms with Gasteiger partial charge in [0.15, 0.2) is 0 Å². The maximum atomic E-state index is 9.97. The van der Waals surface area contributed by atoms with Gasteiger partial charge in [-0.25, -0.2) is 0 Å². The lowest BCUT2D eigenvalue weighted by Gasteiger charge is -2.31. The Bertz CT molecular complexity index is 129. The van der Waals surface area contributed by atoms with Gasteiger partial charge in [0.1, 0.15) is 0 Å². The third-order valence-corrected chi connectivity index (χ3v) is 3.22. The summed E-state index contributed by atoms with van der Waals surface area (Å²) in [4.78, 5) is 0. The van der Waals surface area contributed by atoms with Crippen LogP contribution in [-0.2, 0) is 0 Å². The molecule has 0 aromatic heterocycles. The van der Waals surface area contributed by atoms with Gasteiger partial charge in [-0.1, -0.05) is 47.5 Å². The molecule has 0 heterocycles. The first-order valence-corrected chi connectivity index (χ1v) is 5.62. The van der Waals surface area contributed by atoms with Crippen molar-refractivity contribution in [1.82, 2.24) is 0 Å². The fourth-order valence-electron chi connectivity index (χ4n) is 1.55. The van der Waals surface area contributed by atoms with E-state index in [0.29, 0.717) is 5.92 Å². The van der Waals surface area contributed by atoms with Crippen LogP contribution in [0.5, 0.6) is 0 Å². The molecular formula is C12H26O. The van der Waals surface area contributed by atoms with Gasteiger partial charge in [0.2, 0.25) is 0 Å². The van der Waals surface area contributed by atoms with E-state index < -0.39 is 0 Å². The highest BCUT2D eigenvalue weighted by molar-refractivity contribution is 4.77. The van der Waals surface area contributed by atoms with Crippen molar-refractivity contribution in [2.24, 2.45) is 11.3 Å². The molecule has 0 spiro atoms. The topological polar surface area (TPSA) is 20.2 Å². The Morgan fingerprint density at radius 2 is 1.77 bits per heavy atom. The summed E-state index contributed by atoms with van der Waals surface area (Å²) >= 11 is 0. The molecule has 0 aliphatic rings. The van der Waals surface area contributed by atoms with Gasteiger partial charge in [0, 0.05) is 0 Å². The first-order valence-electron chi connectivity index (χ1n) is 5.62. The molecule has 0 radical (unpaired) electrons. The Morgan fingerprint density at radius 1 is 1.23 bits per heavy atom. The van der Waals surface area contributed by atoms with Gasteiger partial charge in [0.25, 0.3) is 0 Å². The van der Waals surface area contributed by atoms with Gasteiger partial charge < -0.3 is 5.11 Å². The fourth-order valence-corrected chi connectivity index (χ4v) is 1.55. The largest absolute Gasteiger partial charge is 0.393 e. The quantitative estimate of drug-likeness (QED) is 0.672. The van der Waals surface area contributed by atoms with E-state index in [2.05, 4.69) is 34.6 Å². The third kappa shape index (κ3) is 4.66. The van der Waals surface area contributed by atoms with Gasteiger partial charge in [0.05, 0.1) is 6.10 Å². The molecular weight excluding hydrogens is 160 g/mol. The minimum absolute atomic E-state index is 0.0853. The van der Waals surface area contributed by atoms with E-state index in [4.69, 9.17) is 0 Å². The number of aliphatic hydroxyl groups is 1. The van der Waals surface area contributed by atoms with E-state index in [9.17, 15) is 5.11 Å². The second-order valence-corrected chi connectivity index (χ2v) is 4.99. The Kier molecular flexibility index (Phi) is 5.62. The standard InChI is InChI=1S/C12H26O/c1-6-8-10(3)9-11(13)12(4,5)7-2/h10-11,13H,6-9H2,1-5H3. The van der Waals surface area contributed by atoms with Crippen LogP contribution in [0, 0.1) is 11.3 Å². The van der Waals surface area contributed by atoms with Crippen LogP contribution in [0.1, 0.15) is 60.3 Å². The fraction of sp³-hybridized carbons (Fsp3) is 1.00. The SMILES string of the molecule is CCCC(C)CC(O)C(C)(C)CC. The van der Waals surface area contributed by atoms with Crippen molar-refractivity contribution in [3.05, 3.63) is 0 Å². The highest BCUT2D eigenvalue weighted by atomic mass is 16.3. The van der Waals surface area contributed by atoms with Crippen molar-refractivity contribution in [2.75, 3.05) is 0 Å². The normalized spacial score (nSPS) is 17.1. The molecule has 1 heteroatoms. The Hall–Kier alpha value is -0.0400. The minimum atomic E-state index is -0.140. The van der Waals surface area contributed by atoms with Gasteiger partial charge in [-0.3, -0.25) is 0 Å². The number of hydrogen-bond donors (Lipinski definition) is 1. The molecule has 0 fully saturated rings. The molecule has 1 N–H and O–H groups in total. The van der Waals surface area contributed by atoms with Crippen molar-refractivity contribution < 1.29 is 5.11 Å². The molecule has 0 rings (SSSR count). The van der Waals surface area contributed by atoms with E-state index in [1.165, 1.54) is 12.8 Å². The van der Waals surface area contributed by atoms with Crippen LogP contribution >= 0.6 is 0 Å². The average Bonchev–Trinajstić information content (AvgIpc) is 2.04. The Balaban J connectivity index is 3.91. The maximum Gasteiger partial charge on any atom is 0.0593 e. The molecule has 80 valence electrons. The van der Waals surface area contributed by atoms with Gasteiger partial charge >= 0.3 is 0 Å². The monoisotopic (exact) mass is 186 g/mol. The molecule has 2 atom stereocenters. The van der Waals surface area contributed by atoms with Crippen molar-refractivity contribution in [3.8, 4) is 0 Å². The van der Waals surface area contributed by atoms with Crippen LogP contribution in [0.4, 0.5) is 0 Å². The van der Waals surface area contributed by atoms with Crippen molar-refractivity contribution >= 4 is 0 Å². The molecule has 0 saturated carbocycles. The van der Waals surface area contributed by atoms with Crippen LogP contribution in [0.2, 0.25) is 0 Å². The molecule has 0 aromatic carbocycles. The first-order chi connectivity index (χ1) is 5.94. The van der Waals surface area contributed by atoms with E-state index >= 15 is 0 Å². The first kappa shape index (κ1) is 13.0. The lowest BCUT2D eigenvalue weighted by atomic mass is 9.79. The summed E-state index contributed by atoms with van der Waals surface area (Å²) in [7, 11) is 0. The van der Waals surface area contributed by atoms with E-state index in [-0.39, 0.29) is 11.5 Å². The lowest BCUT2D eigenvalue weighted by molar-refractivity contribution is 0.0280. The van der Waals surface area contributed by atoms with Crippen molar-refractivity contribution in [3.63, 3.8) is 0 Å². The van der Waals surface area contributed by atoms with Gasteiger partial charge in [-0.15, -0.1) is 0 Å². The molecule has 13 heavy (non-hydrogen) atoms. The minimum Gasteiger partial charge on any atom is -0.393 e. The second-order valence-electron chi connectivity index (χ2n) is 4.99. The summed E-state index contributed by atoms with van der Waals surface area (Å²) < 4.78 is 0. The number of hydrogen-bond acceptors (Lipinski definition) is 1. The number of aliphatic hydroxyl groups excluding tert-OH is 1. The van der Waals surface area contributed by atoms with Crippen LogP contribution in [0.25, 0.3) is 0 Å². The highest BCUT2D eigenvalue weighted by Gasteiger charge is 2.26. The summed E-state index contributed by atoms with van der Waals surface area (Å²) in [6.45, 7) is 10.9. The van der Waals surface area contributed by atoms with E-state index in [1.807, 2.05) is 0 Å². The molecule has 1 nitrogen and oxygen atoms in total. The second kappa shape index (κ2) is 5.64. The van der Waals surface area contributed by atoms with E-state index in [0.717, 1.165) is 12.8 Å². The summed E-state index contributed by atoms with van der Waals surface area (Å²) in [5, 5.41) is 9.97. The summed E-state index contributed by atoms with van der Waals surface area (Å²) in [6, 6.07) is 0. The Morgan fingerprint density at radius 3 is 2.15 bits per heavy atom. The van der Waals surface area contributed by atoms with Crippen molar-refractivity contribution in [1.29, 1.82) is 0 Å². The Labute approximate surface area is 83.5 Å². The molecule has 0 aromatic rings. The van der Waals surface area contributed by atoms with Gasteiger partial charge in [-0.2, -0.15) is 0 Å². The van der Waals surface area contributed by atoms with Crippen molar-refractivity contribution in [2.45, 2.75) is 66.4 Å². The molecule has 0 saturated heterocycles. The summed E-state index contributed by atoms with van der Waals surface area (Å²) in [6.07, 6.45) is 4.32. The molecule has 0 aliphatic heterocycles. The molecule has 2 unspecified atom stereocenters. The predicted octanol–water partition coefficient (Wildman–Crippen LogP) is 3.61. The molecule has 0 amide bonds. The zero-order valence-electron chi connectivity index (χ0n) is 9.93. The number of rotatable bonds is 6.